The Labute approximate surface area is 139 Å². The molecule has 0 bridgehead atoms. The Hall–Kier alpha value is -2.01. The normalized spacial score (nSPS) is 19.7. The minimum Gasteiger partial charge on any atom is -0.485 e. The second kappa shape index (κ2) is 7.26. The van der Waals surface area contributed by atoms with Gasteiger partial charge in [-0.2, -0.15) is 13.2 Å². The van der Waals surface area contributed by atoms with Gasteiger partial charge in [0.15, 0.2) is 0 Å². The minimum absolute atomic E-state index is 0.171. The van der Waals surface area contributed by atoms with E-state index in [4.69, 9.17) is 4.74 Å². The van der Waals surface area contributed by atoms with Crippen LogP contribution in [0.5, 0.6) is 5.75 Å². The Bertz CT molecular complexity index is 634. The first-order valence-electron chi connectivity index (χ1n) is 8.13. The molecule has 0 aromatic heterocycles. The van der Waals surface area contributed by atoms with Gasteiger partial charge in [-0.1, -0.05) is 30.3 Å². The van der Waals surface area contributed by atoms with Crippen LogP contribution in [0, 0.1) is 5.92 Å². The lowest BCUT2D eigenvalue weighted by Crippen LogP contribution is -2.35. The number of hydrogen-bond donors (Lipinski definition) is 1. The fourth-order valence-corrected chi connectivity index (χ4v) is 3.09. The van der Waals surface area contributed by atoms with Crippen molar-refractivity contribution in [1.82, 2.24) is 5.32 Å². The summed E-state index contributed by atoms with van der Waals surface area (Å²) < 4.78 is 44.2. The van der Waals surface area contributed by atoms with Crippen LogP contribution in [0.1, 0.15) is 30.1 Å². The van der Waals surface area contributed by atoms with Crippen molar-refractivity contribution in [2.45, 2.75) is 25.1 Å². The number of alkyl halides is 3. The number of nitrogens with one attached hydrogen (secondary N) is 1. The minimum atomic E-state index is -4.33. The van der Waals surface area contributed by atoms with Crippen molar-refractivity contribution in [3.8, 4) is 5.75 Å². The van der Waals surface area contributed by atoms with Crippen LogP contribution in [-0.4, -0.2) is 13.1 Å². The summed E-state index contributed by atoms with van der Waals surface area (Å²) in [5.74, 6) is 0.755. The summed E-state index contributed by atoms with van der Waals surface area (Å²) in [5, 5.41) is 3.37. The van der Waals surface area contributed by atoms with Crippen molar-refractivity contribution in [2.24, 2.45) is 5.92 Å². The van der Waals surface area contributed by atoms with Crippen LogP contribution in [0.25, 0.3) is 0 Å². The summed E-state index contributed by atoms with van der Waals surface area (Å²) in [6.45, 7) is 1.85. The first-order valence-corrected chi connectivity index (χ1v) is 8.13. The number of piperidine rings is 1. The topological polar surface area (TPSA) is 21.3 Å². The van der Waals surface area contributed by atoms with Crippen molar-refractivity contribution in [1.29, 1.82) is 0 Å². The lowest BCUT2D eigenvalue weighted by Gasteiger charge is -2.31. The first kappa shape index (κ1) is 16.8. The molecule has 2 nitrogen and oxygen atoms in total. The molecule has 0 spiro atoms. The quantitative estimate of drug-likeness (QED) is 0.864. The molecule has 3 rings (SSSR count). The van der Waals surface area contributed by atoms with Gasteiger partial charge in [-0.05, 0) is 49.2 Å². The SMILES string of the molecule is FC(F)(F)c1ccc(O[C@@H](c2ccccc2)[C@H]2CCCNC2)cc1. The largest absolute Gasteiger partial charge is 0.485 e. The van der Waals surface area contributed by atoms with Gasteiger partial charge in [0.1, 0.15) is 11.9 Å². The third-order valence-corrected chi connectivity index (χ3v) is 4.34. The van der Waals surface area contributed by atoms with Crippen LogP contribution < -0.4 is 10.1 Å². The van der Waals surface area contributed by atoms with Crippen LogP contribution in [0.15, 0.2) is 54.6 Å². The molecule has 2 atom stereocenters. The van der Waals surface area contributed by atoms with Crippen LogP contribution in [0.3, 0.4) is 0 Å². The maximum Gasteiger partial charge on any atom is 0.416 e. The van der Waals surface area contributed by atoms with Gasteiger partial charge < -0.3 is 10.1 Å². The van der Waals surface area contributed by atoms with Crippen molar-refractivity contribution >= 4 is 0 Å². The van der Waals surface area contributed by atoms with Gasteiger partial charge in [0.05, 0.1) is 5.56 Å². The Kier molecular flexibility index (Phi) is 5.09. The summed E-state index contributed by atoms with van der Waals surface area (Å²) in [5.41, 5.74) is 0.386. The summed E-state index contributed by atoms with van der Waals surface area (Å²) >= 11 is 0. The maximum absolute atomic E-state index is 12.7. The van der Waals surface area contributed by atoms with Gasteiger partial charge in [-0.3, -0.25) is 0 Å². The Morgan fingerprint density at radius 1 is 1.00 bits per heavy atom. The highest BCUT2D eigenvalue weighted by atomic mass is 19.4. The molecule has 2 aromatic rings. The van der Waals surface area contributed by atoms with Crippen LogP contribution >= 0.6 is 0 Å². The fourth-order valence-electron chi connectivity index (χ4n) is 3.09. The van der Waals surface area contributed by atoms with E-state index in [2.05, 4.69) is 5.32 Å². The molecular formula is C19H20F3NO. The third-order valence-electron chi connectivity index (χ3n) is 4.34. The first-order chi connectivity index (χ1) is 11.5. The van der Waals surface area contributed by atoms with E-state index in [-0.39, 0.29) is 6.10 Å². The zero-order valence-corrected chi connectivity index (χ0v) is 13.2. The Morgan fingerprint density at radius 2 is 1.71 bits per heavy atom. The molecule has 0 unspecified atom stereocenters. The van der Waals surface area contributed by atoms with Crippen molar-refractivity contribution < 1.29 is 17.9 Å². The summed E-state index contributed by atoms with van der Waals surface area (Å²) in [4.78, 5) is 0. The molecule has 1 fully saturated rings. The van der Waals surface area contributed by atoms with Crippen LogP contribution in [0.4, 0.5) is 13.2 Å². The zero-order chi connectivity index (χ0) is 17.0. The summed E-state index contributed by atoms with van der Waals surface area (Å²) in [6, 6.07) is 14.8. The standard InChI is InChI=1S/C19H20F3NO/c20-19(21,22)16-8-10-17(11-9-16)24-18(14-5-2-1-3-6-14)15-7-4-12-23-13-15/h1-3,5-6,8-11,15,18,23H,4,7,12-13H2/t15-,18-/m0/s1. The molecule has 1 aliphatic rings. The van der Waals surface area contributed by atoms with E-state index in [9.17, 15) is 13.2 Å². The van der Waals surface area contributed by atoms with E-state index in [1.807, 2.05) is 30.3 Å². The van der Waals surface area contributed by atoms with Crippen LogP contribution in [0.2, 0.25) is 0 Å². The van der Waals surface area contributed by atoms with Gasteiger partial charge in [0, 0.05) is 12.5 Å². The molecule has 1 heterocycles. The molecule has 5 heteroatoms. The van der Waals surface area contributed by atoms with E-state index in [0.717, 1.165) is 43.6 Å². The number of halogens is 3. The van der Waals surface area contributed by atoms with E-state index in [0.29, 0.717) is 11.7 Å². The van der Waals surface area contributed by atoms with Gasteiger partial charge in [0.2, 0.25) is 0 Å². The number of rotatable bonds is 4. The van der Waals surface area contributed by atoms with Crippen molar-refractivity contribution in [3.63, 3.8) is 0 Å². The van der Waals surface area contributed by atoms with Crippen LogP contribution in [-0.2, 0) is 6.18 Å². The number of hydrogen-bond acceptors (Lipinski definition) is 2. The van der Waals surface area contributed by atoms with E-state index in [1.54, 1.807) is 0 Å². The second-order valence-electron chi connectivity index (χ2n) is 6.08. The molecule has 0 amide bonds. The Balaban J connectivity index is 1.81. The molecule has 1 aliphatic heterocycles. The summed E-state index contributed by atoms with van der Waals surface area (Å²) in [6.07, 6.45) is -2.39. The number of benzene rings is 2. The van der Waals surface area contributed by atoms with Gasteiger partial charge in [-0.15, -0.1) is 0 Å². The molecule has 0 aliphatic carbocycles. The van der Waals surface area contributed by atoms with Crippen molar-refractivity contribution in [3.05, 3.63) is 65.7 Å². The number of ether oxygens (including phenoxy) is 1. The van der Waals surface area contributed by atoms with Gasteiger partial charge in [0.25, 0.3) is 0 Å². The van der Waals surface area contributed by atoms with Crippen molar-refractivity contribution in [2.75, 3.05) is 13.1 Å². The maximum atomic E-state index is 12.7. The fraction of sp³-hybridized carbons (Fsp3) is 0.368. The lowest BCUT2D eigenvalue weighted by atomic mass is 9.89. The second-order valence-corrected chi connectivity index (χ2v) is 6.08. The Morgan fingerprint density at radius 3 is 2.29 bits per heavy atom. The van der Waals surface area contributed by atoms with E-state index >= 15 is 0 Å². The monoisotopic (exact) mass is 335 g/mol. The molecule has 0 radical (unpaired) electrons. The van der Waals surface area contributed by atoms with Gasteiger partial charge in [-0.25, -0.2) is 0 Å². The van der Waals surface area contributed by atoms with E-state index < -0.39 is 11.7 Å². The summed E-state index contributed by atoms with van der Waals surface area (Å²) in [7, 11) is 0. The average molecular weight is 335 g/mol. The zero-order valence-electron chi connectivity index (χ0n) is 13.2. The molecule has 128 valence electrons. The van der Waals surface area contributed by atoms with E-state index in [1.165, 1.54) is 12.1 Å². The highest BCUT2D eigenvalue weighted by Gasteiger charge is 2.31. The predicted molar refractivity (Wildman–Crippen MR) is 86.8 cm³/mol. The molecule has 24 heavy (non-hydrogen) atoms. The molecule has 2 aromatic carbocycles. The predicted octanol–water partition coefficient (Wildman–Crippen LogP) is 4.83. The molecule has 0 saturated carbocycles. The molecular weight excluding hydrogens is 315 g/mol. The molecule has 1 N–H and O–H groups in total. The highest BCUT2D eigenvalue weighted by Crippen LogP contribution is 2.34. The average Bonchev–Trinajstić information content (AvgIpc) is 2.61. The molecule has 1 saturated heterocycles. The smallest absolute Gasteiger partial charge is 0.416 e. The third kappa shape index (κ3) is 4.09. The highest BCUT2D eigenvalue weighted by molar-refractivity contribution is 5.30. The lowest BCUT2D eigenvalue weighted by molar-refractivity contribution is -0.137. The van der Waals surface area contributed by atoms with Gasteiger partial charge >= 0.3 is 6.18 Å².